The highest BCUT2D eigenvalue weighted by Gasteiger charge is 2.49. The number of halogens is 1. The molecule has 0 bridgehead atoms. The van der Waals surface area contributed by atoms with E-state index in [1.165, 1.54) is 37.8 Å². The van der Waals surface area contributed by atoms with Crippen LogP contribution in [-0.2, 0) is 20.7 Å². The topological polar surface area (TPSA) is 38.8 Å². The molecule has 4 nitrogen and oxygen atoms in total. The van der Waals surface area contributed by atoms with Crippen LogP contribution < -0.4 is 0 Å². The normalized spacial score (nSPS) is 25.4. The third-order valence-electron chi connectivity index (χ3n) is 6.07. The number of ether oxygens (including phenoxy) is 2. The van der Waals surface area contributed by atoms with Gasteiger partial charge in [0.1, 0.15) is 11.4 Å². The van der Waals surface area contributed by atoms with Crippen LogP contribution in [-0.4, -0.2) is 48.8 Å². The lowest BCUT2D eigenvalue weighted by Crippen LogP contribution is -2.67. The number of likely N-dealkylation sites (tertiary alicyclic amines) is 1. The molecule has 3 fully saturated rings. The molecule has 2 heterocycles. The Morgan fingerprint density at radius 1 is 1.19 bits per heavy atom. The van der Waals surface area contributed by atoms with Crippen LogP contribution in [0.4, 0.5) is 4.39 Å². The Hall–Kier alpha value is -1.46. The summed E-state index contributed by atoms with van der Waals surface area (Å²) in [6.07, 6.45) is 7.72. The van der Waals surface area contributed by atoms with E-state index in [-0.39, 0.29) is 23.4 Å². The predicted octanol–water partition coefficient (Wildman–Crippen LogP) is 3.34. The van der Waals surface area contributed by atoms with E-state index in [1.807, 2.05) is 4.90 Å². The highest BCUT2D eigenvalue weighted by Crippen LogP contribution is 2.36. The summed E-state index contributed by atoms with van der Waals surface area (Å²) in [5.41, 5.74) is 0.636. The molecule has 0 radical (unpaired) electrons. The number of rotatable bonds is 5. The lowest BCUT2D eigenvalue weighted by Gasteiger charge is -2.53. The van der Waals surface area contributed by atoms with Gasteiger partial charge in [-0.3, -0.25) is 4.79 Å². The van der Waals surface area contributed by atoms with Crippen LogP contribution in [0.5, 0.6) is 0 Å². The summed E-state index contributed by atoms with van der Waals surface area (Å²) in [7, 11) is 0. The van der Waals surface area contributed by atoms with Gasteiger partial charge in [-0.2, -0.15) is 0 Å². The number of hydrogen-bond acceptors (Lipinski definition) is 3. The molecule has 1 amide bonds. The maximum atomic E-state index is 13.0. The summed E-state index contributed by atoms with van der Waals surface area (Å²) in [6, 6.07) is 6.15. The number of benzene rings is 1. The van der Waals surface area contributed by atoms with E-state index in [9.17, 15) is 9.18 Å². The van der Waals surface area contributed by atoms with Crippen molar-refractivity contribution in [2.24, 2.45) is 5.92 Å². The molecule has 4 rings (SSSR count). The molecule has 3 aliphatic rings. The van der Waals surface area contributed by atoms with Crippen molar-refractivity contribution >= 4 is 5.91 Å². The molecule has 142 valence electrons. The minimum Gasteiger partial charge on any atom is -0.378 e. The smallest absolute Gasteiger partial charge is 0.227 e. The number of amides is 1. The number of hydrogen-bond donors (Lipinski definition) is 0. The third-order valence-corrected chi connectivity index (χ3v) is 6.07. The summed E-state index contributed by atoms with van der Waals surface area (Å²) in [6.45, 7) is 2.90. The molecule has 2 aliphatic heterocycles. The monoisotopic (exact) mass is 361 g/mol. The van der Waals surface area contributed by atoms with Crippen molar-refractivity contribution in [3.8, 4) is 0 Å². The van der Waals surface area contributed by atoms with Crippen molar-refractivity contribution in [3.63, 3.8) is 0 Å². The van der Waals surface area contributed by atoms with Crippen LogP contribution in [0.15, 0.2) is 24.3 Å². The summed E-state index contributed by atoms with van der Waals surface area (Å²) in [5.74, 6) is 0.548. The van der Waals surface area contributed by atoms with Crippen molar-refractivity contribution in [2.45, 2.75) is 56.7 Å². The highest BCUT2D eigenvalue weighted by atomic mass is 19.1. The zero-order valence-corrected chi connectivity index (χ0v) is 15.3. The average molecular weight is 361 g/mol. The molecule has 0 unspecified atom stereocenters. The first-order valence-corrected chi connectivity index (χ1v) is 9.90. The van der Waals surface area contributed by atoms with E-state index in [4.69, 9.17) is 9.47 Å². The van der Waals surface area contributed by atoms with E-state index in [0.29, 0.717) is 19.5 Å². The van der Waals surface area contributed by atoms with Crippen LogP contribution in [0.3, 0.4) is 0 Å². The van der Waals surface area contributed by atoms with Crippen LogP contribution in [0.25, 0.3) is 0 Å². The summed E-state index contributed by atoms with van der Waals surface area (Å²) >= 11 is 0. The molecule has 0 N–H and O–H groups in total. The van der Waals surface area contributed by atoms with Gasteiger partial charge in [-0.05, 0) is 42.9 Å². The van der Waals surface area contributed by atoms with E-state index in [2.05, 4.69) is 0 Å². The molecule has 1 spiro atoms. The lowest BCUT2D eigenvalue weighted by atomic mass is 9.84. The molecule has 1 aromatic rings. The fourth-order valence-corrected chi connectivity index (χ4v) is 4.51. The SMILES string of the molecule is O=C(Cc1ccc(F)cc1)N1CC2(C[C@H](OCC3CCCC3)CCO2)C1. The van der Waals surface area contributed by atoms with E-state index < -0.39 is 0 Å². The molecule has 26 heavy (non-hydrogen) atoms. The zero-order valence-electron chi connectivity index (χ0n) is 15.3. The fourth-order valence-electron chi connectivity index (χ4n) is 4.51. The maximum absolute atomic E-state index is 13.0. The molecule has 0 aromatic heterocycles. The van der Waals surface area contributed by atoms with Crippen molar-refractivity contribution in [1.82, 2.24) is 4.90 Å². The Kier molecular flexibility index (Phi) is 5.28. The van der Waals surface area contributed by atoms with Gasteiger partial charge in [-0.1, -0.05) is 25.0 Å². The van der Waals surface area contributed by atoms with Gasteiger partial charge in [-0.25, -0.2) is 4.39 Å². The van der Waals surface area contributed by atoms with E-state index in [0.717, 1.165) is 37.5 Å². The number of carbonyl (C=O) groups excluding carboxylic acids is 1. The fraction of sp³-hybridized carbons (Fsp3) is 0.667. The molecule has 1 atom stereocenters. The molecular formula is C21H28FNO3. The first kappa shape index (κ1) is 17.9. The molecule has 5 heteroatoms. The van der Waals surface area contributed by atoms with Crippen LogP contribution in [0.1, 0.15) is 44.1 Å². The van der Waals surface area contributed by atoms with Gasteiger partial charge in [0, 0.05) is 19.6 Å². The Balaban J connectivity index is 1.24. The number of nitrogens with zero attached hydrogens (tertiary/aromatic N) is 1. The third kappa shape index (κ3) is 4.09. The highest BCUT2D eigenvalue weighted by molar-refractivity contribution is 5.80. The molecule has 2 saturated heterocycles. The quantitative estimate of drug-likeness (QED) is 0.807. The maximum Gasteiger partial charge on any atom is 0.227 e. The second kappa shape index (κ2) is 7.65. The van der Waals surface area contributed by atoms with Crippen LogP contribution >= 0.6 is 0 Å². The second-order valence-corrected chi connectivity index (χ2v) is 8.18. The van der Waals surface area contributed by atoms with Gasteiger partial charge in [0.2, 0.25) is 5.91 Å². The largest absolute Gasteiger partial charge is 0.378 e. The van der Waals surface area contributed by atoms with Crippen molar-refractivity contribution in [3.05, 3.63) is 35.6 Å². The van der Waals surface area contributed by atoms with Gasteiger partial charge in [0.25, 0.3) is 0 Å². The molecule has 1 aromatic carbocycles. The summed E-state index contributed by atoms with van der Waals surface area (Å²) in [5, 5.41) is 0. The minimum absolute atomic E-state index is 0.0832. The van der Waals surface area contributed by atoms with Gasteiger partial charge in [0.15, 0.2) is 0 Å². The standard InChI is InChI=1S/C21H28FNO3/c22-18-7-5-16(6-8-18)11-20(24)23-14-21(15-23)12-19(9-10-26-21)25-13-17-3-1-2-4-17/h5-8,17,19H,1-4,9-15H2/t19-/m1/s1. The molecular weight excluding hydrogens is 333 g/mol. The Morgan fingerprint density at radius 2 is 1.92 bits per heavy atom. The first-order valence-electron chi connectivity index (χ1n) is 9.90. The summed E-state index contributed by atoms with van der Waals surface area (Å²) in [4.78, 5) is 14.3. The van der Waals surface area contributed by atoms with Gasteiger partial charge < -0.3 is 14.4 Å². The zero-order chi connectivity index (χ0) is 18.0. The van der Waals surface area contributed by atoms with Crippen LogP contribution in [0.2, 0.25) is 0 Å². The first-order chi connectivity index (χ1) is 12.6. The second-order valence-electron chi connectivity index (χ2n) is 8.18. The predicted molar refractivity (Wildman–Crippen MR) is 96.3 cm³/mol. The minimum atomic E-state index is -0.275. The van der Waals surface area contributed by atoms with E-state index in [1.54, 1.807) is 12.1 Å². The van der Waals surface area contributed by atoms with Gasteiger partial charge in [-0.15, -0.1) is 0 Å². The average Bonchev–Trinajstić information content (AvgIpc) is 3.13. The van der Waals surface area contributed by atoms with Crippen molar-refractivity contribution < 1.29 is 18.7 Å². The van der Waals surface area contributed by atoms with E-state index >= 15 is 0 Å². The Bertz CT molecular complexity index is 621. The Labute approximate surface area is 154 Å². The van der Waals surface area contributed by atoms with Gasteiger partial charge in [0.05, 0.1) is 25.6 Å². The van der Waals surface area contributed by atoms with Crippen molar-refractivity contribution in [2.75, 3.05) is 26.3 Å². The molecule has 1 aliphatic carbocycles. The molecule has 1 saturated carbocycles. The lowest BCUT2D eigenvalue weighted by molar-refractivity contribution is -0.202. The summed E-state index contributed by atoms with van der Waals surface area (Å²) < 4.78 is 25.2. The Morgan fingerprint density at radius 3 is 2.65 bits per heavy atom. The van der Waals surface area contributed by atoms with Crippen LogP contribution in [0, 0.1) is 11.7 Å². The number of carbonyl (C=O) groups is 1. The van der Waals surface area contributed by atoms with Gasteiger partial charge >= 0.3 is 0 Å². The van der Waals surface area contributed by atoms with Crippen molar-refractivity contribution in [1.29, 1.82) is 0 Å².